The SMILES string of the molecule is CC1CCC(C(=O)O)CN1C(=O)c1ccnc(N(C)C)c1. The van der Waals surface area contributed by atoms with Gasteiger partial charge in [-0.1, -0.05) is 0 Å². The fraction of sp³-hybridized carbons (Fsp3) is 0.533. The molecule has 0 saturated carbocycles. The van der Waals surface area contributed by atoms with Gasteiger partial charge in [-0.25, -0.2) is 4.98 Å². The number of amides is 1. The number of pyridine rings is 1. The number of carboxylic acid groups (broad SMARTS) is 1. The van der Waals surface area contributed by atoms with Crippen LogP contribution in [0.2, 0.25) is 0 Å². The molecule has 114 valence electrons. The molecule has 0 aliphatic carbocycles. The molecule has 2 unspecified atom stereocenters. The van der Waals surface area contributed by atoms with E-state index in [-0.39, 0.29) is 18.5 Å². The van der Waals surface area contributed by atoms with Gasteiger partial charge in [-0.05, 0) is 31.9 Å². The predicted molar refractivity (Wildman–Crippen MR) is 79.4 cm³/mol. The van der Waals surface area contributed by atoms with E-state index in [4.69, 9.17) is 5.11 Å². The Labute approximate surface area is 124 Å². The summed E-state index contributed by atoms with van der Waals surface area (Å²) in [6, 6.07) is 3.47. The maximum atomic E-state index is 12.6. The number of piperidine rings is 1. The average Bonchev–Trinajstić information content (AvgIpc) is 2.47. The van der Waals surface area contributed by atoms with Crippen LogP contribution in [0.3, 0.4) is 0 Å². The first-order valence-electron chi connectivity index (χ1n) is 7.07. The van der Waals surface area contributed by atoms with Crippen LogP contribution in [0, 0.1) is 5.92 Å². The van der Waals surface area contributed by atoms with E-state index in [0.29, 0.717) is 24.2 Å². The summed E-state index contributed by atoms with van der Waals surface area (Å²) in [5.41, 5.74) is 0.548. The Hall–Kier alpha value is -2.11. The lowest BCUT2D eigenvalue weighted by molar-refractivity contribution is -0.143. The third kappa shape index (κ3) is 3.32. The number of hydrogen-bond acceptors (Lipinski definition) is 4. The molecule has 21 heavy (non-hydrogen) atoms. The normalized spacial score (nSPS) is 22.0. The summed E-state index contributed by atoms with van der Waals surface area (Å²) in [5.74, 6) is -0.719. The Bertz CT molecular complexity index is 545. The fourth-order valence-corrected chi connectivity index (χ4v) is 2.55. The van der Waals surface area contributed by atoms with Crippen molar-refractivity contribution in [1.82, 2.24) is 9.88 Å². The number of hydrogen-bond donors (Lipinski definition) is 1. The van der Waals surface area contributed by atoms with Crippen LogP contribution in [0.25, 0.3) is 0 Å². The third-order valence-corrected chi connectivity index (χ3v) is 3.94. The zero-order chi connectivity index (χ0) is 15.6. The molecule has 0 bridgehead atoms. The zero-order valence-corrected chi connectivity index (χ0v) is 12.6. The summed E-state index contributed by atoms with van der Waals surface area (Å²) < 4.78 is 0. The molecule has 1 aliphatic rings. The summed E-state index contributed by atoms with van der Waals surface area (Å²) in [6.45, 7) is 2.24. The number of anilines is 1. The van der Waals surface area contributed by atoms with Crippen molar-refractivity contribution in [2.75, 3.05) is 25.5 Å². The van der Waals surface area contributed by atoms with Crippen molar-refractivity contribution >= 4 is 17.7 Å². The van der Waals surface area contributed by atoms with Crippen LogP contribution in [0.15, 0.2) is 18.3 Å². The number of carbonyl (C=O) groups excluding carboxylic acids is 1. The van der Waals surface area contributed by atoms with Gasteiger partial charge in [0.25, 0.3) is 5.91 Å². The van der Waals surface area contributed by atoms with Gasteiger partial charge in [0.05, 0.1) is 5.92 Å². The van der Waals surface area contributed by atoms with E-state index < -0.39 is 11.9 Å². The molecule has 2 heterocycles. The molecule has 1 N–H and O–H groups in total. The van der Waals surface area contributed by atoms with E-state index in [1.807, 2.05) is 25.9 Å². The second kappa shape index (κ2) is 6.11. The molecule has 2 atom stereocenters. The standard InChI is InChI=1S/C15H21N3O3/c1-10-4-5-12(15(20)21)9-18(10)14(19)11-6-7-16-13(8-11)17(2)3/h6-8,10,12H,4-5,9H2,1-3H3,(H,20,21). The minimum absolute atomic E-state index is 0.0593. The fourth-order valence-electron chi connectivity index (χ4n) is 2.55. The first kappa shape index (κ1) is 15.3. The molecular weight excluding hydrogens is 270 g/mol. The highest BCUT2D eigenvalue weighted by molar-refractivity contribution is 5.95. The van der Waals surface area contributed by atoms with Gasteiger partial charge in [0.15, 0.2) is 0 Å². The highest BCUT2D eigenvalue weighted by atomic mass is 16.4. The van der Waals surface area contributed by atoms with Crippen LogP contribution >= 0.6 is 0 Å². The topological polar surface area (TPSA) is 73.7 Å². The van der Waals surface area contributed by atoms with Crippen molar-refractivity contribution in [2.24, 2.45) is 5.92 Å². The Balaban J connectivity index is 2.21. The highest BCUT2D eigenvalue weighted by Gasteiger charge is 2.33. The summed E-state index contributed by atoms with van der Waals surface area (Å²) in [6.07, 6.45) is 2.94. The van der Waals surface area contributed by atoms with Gasteiger partial charge in [0.1, 0.15) is 5.82 Å². The monoisotopic (exact) mass is 291 g/mol. The lowest BCUT2D eigenvalue weighted by Gasteiger charge is -2.36. The third-order valence-electron chi connectivity index (χ3n) is 3.94. The molecule has 1 saturated heterocycles. The first-order chi connectivity index (χ1) is 9.90. The van der Waals surface area contributed by atoms with Crippen LogP contribution in [0.5, 0.6) is 0 Å². The Morgan fingerprint density at radius 3 is 2.71 bits per heavy atom. The maximum absolute atomic E-state index is 12.6. The number of likely N-dealkylation sites (tertiary alicyclic amines) is 1. The van der Waals surface area contributed by atoms with E-state index in [9.17, 15) is 9.59 Å². The number of carboxylic acids is 1. The largest absolute Gasteiger partial charge is 0.481 e. The number of carbonyl (C=O) groups is 2. The number of rotatable bonds is 3. The van der Waals surface area contributed by atoms with Gasteiger partial charge in [-0.2, -0.15) is 0 Å². The summed E-state index contributed by atoms with van der Waals surface area (Å²) in [7, 11) is 3.72. The van der Waals surface area contributed by atoms with Crippen molar-refractivity contribution in [2.45, 2.75) is 25.8 Å². The number of aliphatic carboxylic acids is 1. The quantitative estimate of drug-likeness (QED) is 0.913. The Kier molecular flexibility index (Phi) is 4.45. The average molecular weight is 291 g/mol. The van der Waals surface area contributed by atoms with Gasteiger partial charge in [0.2, 0.25) is 0 Å². The predicted octanol–water partition coefficient (Wildman–Crippen LogP) is 1.47. The van der Waals surface area contributed by atoms with Crippen LogP contribution in [0.1, 0.15) is 30.1 Å². The maximum Gasteiger partial charge on any atom is 0.308 e. The van der Waals surface area contributed by atoms with Crippen molar-refractivity contribution < 1.29 is 14.7 Å². The van der Waals surface area contributed by atoms with Crippen LogP contribution < -0.4 is 4.90 Å². The van der Waals surface area contributed by atoms with Crippen LogP contribution in [0.4, 0.5) is 5.82 Å². The van der Waals surface area contributed by atoms with Gasteiger partial charge in [0, 0.05) is 38.4 Å². The van der Waals surface area contributed by atoms with E-state index in [0.717, 1.165) is 0 Å². The lowest BCUT2D eigenvalue weighted by atomic mass is 9.93. The molecule has 6 nitrogen and oxygen atoms in total. The molecular formula is C15H21N3O3. The highest BCUT2D eigenvalue weighted by Crippen LogP contribution is 2.24. The smallest absolute Gasteiger partial charge is 0.308 e. The zero-order valence-electron chi connectivity index (χ0n) is 12.6. The molecule has 1 aromatic rings. The van der Waals surface area contributed by atoms with E-state index in [2.05, 4.69) is 4.98 Å². The number of aromatic nitrogens is 1. The van der Waals surface area contributed by atoms with E-state index >= 15 is 0 Å². The summed E-state index contributed by atoms with van der Waals surface area (Å²) >= 11 is 0. The second-order valence-electron chi connectivity index (χ2n) is 5.72. The lowest BCUT2D eigenvalue weighted by Crippen LogP contribution is -2.47. The number of nitrogens with zero attached hydrogens (tertiary/aromatic N) is 3. The van der Waals surface area contributed by atoms with Crippen molar-refractivity contribution in [3.63, 3.8) is 0 Å². The van der Waals surface area contributed by atoms with Crippen molar-refractivity contribution in [1.29, 1.82) is 0 Å². The summed E-state index contributed by atoms with van der Waals surface area (Å²) in [4.78, 5) is 31.5. The molecule has 1 aliphatic heterocycles. The molecule has 0 spiro atoms. The Morgan fingerprint density at radius 1 is 1.38 bits per heavy atom. The molecule has 6 heteroatoms. The van der Waals surface area contributed by atoms with Gasteiger partial charge >= 0.3 is 5.97 Å². The van der Waals surface area contributed by atoms with E-state index in [1.54, 1.807) is 23.2 Å². The Morgan fingerprint density at radius 2 is 2.10 bits per heavy atom. The molecule has 2 rings (SSSR count). The first-order valence-corrected chi connectivity index (χ1v) is 7.07. The molecule has 0 aromatic carbocycles. The van der Waals surface area contributed by atoms with Gasteiger partial charge in [-0.3, -0.25) is 9.59 Å². The second-order valence-corrected chi connectivity index (χ2v) is 5.72. The summed E-state index contributed by atoms with van der Waals surface area (Å²) in [5, 5.41) is 9.16. The van der Waals surface area contributed by atoms with Crippen molar-refractivity contribution in [3.05, 3.63) is 23.9 Å². The minimum atomic E-state index is -0.830. The van der Waals surface area contributed by atoms with Gasteiger partial charge in [-0.15, -0.1) is 0 Å². The minimum Gasteiger partial charge on any atom is -0.481 e. The van der Waals surface area contributed by atoms with E-state index in [1.165, 1.54) is 0 Å². The molecule has 1 amide bonds. The van der Waals surface area contributed by atoms with Crippen LogP contribution in [-0.4, -0.2) is 53.5 Å². The molecule has 1 aromatic heterocycles. The van der Waals surface area contributed by atoms with Crippen molar-refractivity contribution in [3.8, 4) is 0 Å². The molecule has 1 fully saturated rings. The molecule has 0 radical (unpaired) electrons. The van der Waals surface area contributed by atoms with Gasteiger partial charge < -0.3 is 14.9 Å². The van der Waals surface area contributed by atoms with Crippen LogP contribution in [-0.2, 0) is 4.79 Å².